The second kappa shape index (κ2) is 57.6. The van der Waals surface area contributed by atoms with Crippen molar-refractivity contribution >= 4 is 17.9 Å². The summed E-state index contributed by atoms with van der Waals surface area (Å²) in [6.07, 6.45) is 77.9. The number of rotatable bonds is 51. The minimum absolute atomic E-state index is 0.100. The Hall–Kier alpha value is -3.93. The van der Waals surface area contributed by atoms with Gasteiger partial charge in [0.05, 0.1) is 0 Å². The molecule has 0 saturated carbocycles. The van der Waals surface area contributed by atoms with E-state index in [0.29, 0.717) is 19.3 Å². The fraction of sp³-hybridized carbons (Fsp3) is 0.672. The third kappa shape index (κ3) is 55.0. The smallest absolute Gasteiger partial charge is 0.306 e. The normalized spacial score (nSPS) is 12.9. The van der Waals surface area contributed by atoms with E-state index in [0.717, 1.165) is 96.3 Å². The quantitative estimate of drug-likeness (QED) is 0.0199. The lowest BCUT2D eigenvalue weighted by atomic mass is 10.0. The van der Waals surface area contributed by atoms with Crippen molar-refractivity contribution in [2.24, 2.45) is 0 Å². The van der Waals surface area contributed by atoms with E-state index in [4.69, 9.17) is 14.2 Å². The van der Waals surface area contributed by atoms with Crippen molar-refractivity contribution in [2.75, 3.05) is 13.2 Å². The summed E-state index contributed by atoms with van der Waals surface area (Å²) in [7, 11) is 0. The minimum atomic E-state index is -0.808. The van der Waals surface area contributed by atoms with Crippen molar-refractivity contribution in [3.05, 3.63) is 109 Å². The Morgan fingerprint density at radius 3 is 1.06 bits per heavy atom. The molecule has 1 atom stereocenters. The molecule has 6 nitrogen and oxygen atoms in total. The number of unbranched alkanes of at least 4 members (excludes halogenated alkanes) is 27. The minimum Gasteiger partial charge on any atom is -0.462 e. The Balaban J connectivity index is 4.47. The van der Waals surface area contributed by atoms with Crippen LogP contribution in [-0.2, 0) is 28.6 Å². The number of hydrogen-bond acceptors (Lipinski definition) is 6. The van der Waals surface area contributed by atoms with Crippen LogP contribution >= 0.6 is 0 Å². The maximum Gasteiger partial charge on any atom is 0.306 e. The van der Waals surface area contributed by atoms with Gasteiger partial charge in [0.2, 0.25) is 0 Å². The highest BCUT2D eigenvalue weighted by Crippen LogP contribution is 2.16. The molecule has 6 heteroatoms. The van der Waals surface area contributed by atoms with Crippen LogP contribution < -0.4 is 0 Å². The standard InChI is InChI=1S/C64H106O6/c1-4-7-10-13-16-19-22-25-28-31-32-34-36-39-42-45-48-51-54-57-63(66)69-60-61(59-68-62(65)56-53-50-47-44-41-38-35-30-27-24-21-18-15-12-9-6-3)70-64(67)58-55-52-49-46-43-40-37-33-29-26-23-20-17-14-11-8-5-2/h8-9,11-12,14,17-18,20-21,23,26-27,29-30,33,37,40,43,61H,4-7,10,13,15-16,19,22,24-25,28,31-32,34-36,38-39,41-42,44-60H2,1-3H3/b11-8-,12-9-,17-14-,21-18-,23-20-,29-26-,30-27-,37-33+,43-40-. The van der Waals surface area contributed by atoms with E-state index >= 15 is 0 Å². The van der Waals surface area contributed by atoms with Gasteiger partial charge in [-0.1, -0.05) is 278 Å². The second-order valence-electron chi connectivity index (χ2n) is 18.9. The van der Waals surface area contributed by atoms with Gasteiger partial charge in [0.25, 0.3) is 0 Å². The van der Waals surface area contributed by atoms with E-state index in [1.54, 1.807) is 0 Å². The van der Waals surface area contributed by atoms with Crippen molar-refractivity contribution in [1.82, 2.24) is 0 Å². The van der Waals surface area contributed by atoms with Crippen molar-refractivity contribution in [1.29, 1.82) is 0 Å². The van der Waals surface area contributed by atoms with Crippen LogP contribution in [0.15, 0.2) is 109 Å². The molecule has 0 N–H and O–H groups in total. The molecule has 0 aliphatic heterocycles. The number of carbonyl (C=O) groups is 3. The summed E-state index contributed by atoms with van der Waals surface area (Å²) >= 11 is 0. The summed E-state index contributed by atoms with van der Waals surface area (Å²) in [6.45, 7) is 6.35. The summed E-state index contributed by atoms with van der Waals surface area (Å²) in [5.74, 6) is -0.954. The Labute approximate surface area is 431 Å². The average molecular weight is 972 g/mol. The number of ether oxygens (including phenoxy) is 3. The number of allylic oxidation sites excluding steroid dienone is 18. The third-order valence-corrected chi connectivity index (χ3v) is 12.2. The van der Waals surface area contributed by atoms with Gasteiger partial charge in [0, 0.05) is 19.3 Å². The van der Waals surface area contributed by atoms with Gasteiger partial charge in [-0.3, -0.25) is 14.4 Å². The van der Waals surface area contributed by atoms with E-state index in [9.17, 15) is 14.4 Å². The first-order valence-corrected chi connectivity index (χ1v) is 29.0. The maximum absolute atomic E-state index is 12.8. The first-order valence-electron chi connectivity index (χ1n) is 29.0. The highest BCUT2D eigenvalue weighted by molar-refractivity contribution is 5.71. The molecule has 0 heterocycles. The highest BCUT2D eigenvalue weighted by Gasteiger charge is 2.19. The lowest BCUT2D eigenvalue weighted by Gasteiger charge is -2.18. The molecule has 0 radical (unpaired) electrons. The zero-order valence-corrected chi connectivity index (χ0v) is 45.5. The molecular formula is C64H106O6. The van der Waals surface area contributed by atoms with Gasteiger partial charge in [-0.2, -0.15) is 0 Å². The predicted molar refractivity (Wildman–Crippen MR) is 302 cm³/mol. The van der Waals surface area contributed by atoms with Crippen molar-refractivity contribution in [3.63, 3.8) is 0 Å². The van der Waals surface area contributed by atoms with Crippen LogP contribution in [-0.4, -0.2) is 37.2 Å². The summed E-state index contributed by atoms with van der Waals surface area (Å²) in [6, 6.07) is 0. The summed E-state index contributed by atoms with van der Waals surface area (Å²) < 4.78 is 16.8. The van der Waals surface area contributed by atoms with E-state index in [-0.39, 0.29) is 37.5 Å². The molecule has 0 aliphatic rings. The fourth-order valence-electron chi connectivity index (χ4n) is 7.90. The molecule has 0 amide bonds. The van der Waals surface area contributed by atoms with Gasteiger partial charge in [-0.05, 0) is 70.6 Å². The fourth-order valence-corrected chi connectivity index (χ4v) is 7.90. The number of esters is 3. The Morgan fingerprint density at radius 2 is 0.629 bits per heavy atom. The Kier molecular flexibility index (Phi) is 54.4. The monoisotopic (exact) mass is 971 g/mol. The molecule has 398 valence electrons. The highest BCUT2D eigenvalue weighted by atomic mass is 16.6. The van der Waals surface area contributed by atoms with Crippen molar-refractivity contribution < 1.29 is 28.6 Å². The molecule has 0 fully saturated rings. The molecule has 70 heavy (non-hydrogen) atoms. The number of carbonyl (C=O) groups excluding carboxylic acids is 3. The zero-order chi connectivity index (χ0) is 50.7. The zero-order valence-electron chi connectivity index (χ0n) is 45.5. The topological polar surface area (TPSA) is 78.9 Å². The average Bonchev–Trinajstić information content (AvgIpc) is 3.36. The summed E-state index contributed by atoms with van der Waals surface area (Å²) in [4.78, 5) is 38.2. The van der Waals surface area contributed by atoms with Gasteiger partial charge >= 0.3 is 17.9 Å². The van der Waals surface area contributed by atoms with Crippen LogP contribution in [0.3, 0.4) is 0 Å². The van der Waals surface area contributed by atoms with E-state index in [2.05, 4.69) is 69.4 Å². The predicted octanol–water partition coefficient (Wildman–Crippen LogP) is 19.5. The molecule has 0 aromatic heterocycles. The summed E-state index contributed by atoms with van der Waals surface area (Å²) in [5, 5.41) is 0. The van der Waals surface area contributed by atoms with Crippen LogP contribution in [0, 0.1) is 0 Å². The van der Waals surface area contributed by atoms with Crippen LogP contribution in [0.4, 0.5) is 0 Å². The van der Waals surface area contributed by atoms with E-state index in [1.807, 2.05) is 60.8 Å². The number of hydrogen-bond donors (Lipinski definition) is 0. The van der Waals surface area contributed by atoms with Gasteiger partial charge in [0.1, 0.15) is 13.2 Å². The maximum atomic E-state index is 12.8. The van der Waals surface area contributed by atoms with Gasteiger partial charge < -0.3 is 14.2 Å². The summed E-state index contributed by atoms with van der Waals surface area (Å²) in [5.41, 5.74) is 0. The second-order valence-corrected chi connectivity index (χ2v) is 18.9. The van der Waals surface area contributed by atoms with Crippen molar-refractivity contribution in [2.45, 2.75) is 264 Å². The van der Waals surface area contributed by atoms with Crippen LogP contribution in [0.1, 0.15) is 258 Å². The molecular weight excluding hydrogens is 865 g/mol. The largest absolute Gasteiger partial charge is 0.462 e. The van der Waals surface area contributed by atoms with Crippen LogP contribution in [0.25, 0.3) is 0 Å². The molecule has 0 aliphatic carbocycles. The van der Waals surface area contributed by atoms with E-state index in [1.165, 1.54) is 116 Å². The Bertz CT molecular complexity index is 1440. The molecule has 0 spiro atoms. The first-order chi connectivity index (χ1) is 34.5. The Morgan fingerprint density at radius 1 is 0.314 bits per heavy atom. The molecule has 0 bridgehead atoms. The molecule has 1 unspecified atom stereocenters. The van der Waals surface area contributed by atoms with Gasteiger partial charge in [-0.25, -0.2) is 0 Å². The van der Waals surface area contributed by atoms with E-state index < -0.39 is 6.10 Å². The lowest BCUT2D eigenvalue weighted by Crippen LogP contribution is -2.30. The van der Waals surface area contributed by atoms with Gasteiger partial charge in [0.15, 0.2) is 6.10 Å². The molecule has 0 aromatic carbocycles. The van der Waals surface area contributed by atoms with Crippen molar-refractivity contribution in [3.8, 4) is 0 Å². The molecule has 0 saturated heterocycles. The van der Waals surface area contributed by atoms with Gasteiger partial charge in [-0.15, -0.1) is 0 Å². The van der Waals surface area contributed by atoms with Crippen LogP contribution in [0.5, 0.6) is 0 Å². The first kappa shape index (κ1) is 66.1. The van der Waals surface area contributed by atoms with Crippen LogP contribution in [0.2, 0.25) is 0 Å². The SMILES string of the molecule is CC\C=C/C=C\C=C/C=C\C=C\C=C/CCCCCC(=O)OC(COC(=O)CCCCCCCC/C=C\C/C=C\C/C=C\CC)COC(=O)CCCCCCCCCCCCCCCCCCCCC. The molecule has 0 aromatic rings. The lowest BCUT2D eigenvalue weighted by molar-refractivity contribution is -0.167. The molecule has 0 rings (SSSR count). The third-order valence-electron chi connectivity index (χ3n) is 12.2.